The van der Waals surface area contributed by atoms with Gasteiger partial charge in [0.05, 0.1) is 18.7 Å². The molecule has 1 aromatic heterocycles. The highest BCUT2D eigenvalue weighted by atomic mass is 35.5. The molecule has 0 bridgehead atoms. The first-order chi connectivity index (χ1) is 11.3. The van der Waals surface area contributed by atoms with Crippen molar-refractivity contribution in [3.8, 4) is 16.3 Å². The number of nitrogens with zero attached hydrogens (tertiary/aromatic N) is 2. The molecule has 1 fully saturated rings. The minimum atomic E-state index is 0. The van der Waals surface area contributed by atoms with Gasteiger partial charge in [-0.25, -0.2) is 4.98 Å². The Morgan fingerprint density at radius 2 is 1.92 bits per heavy atom. The van der Waals surface area contributed by atoms with Crippen molar-refractivity contribution in [3.05, 3.63) is 35.3 Å². The number of thiazole rings is 1. The number of piperazine rings is 1. The minimum absolute atomic E-state index is 0. The fraction of sp³-hybridized carbons (Fsp3) is 0.412. The SMILES string of the molecule is CCOc1ccc(-c2nc(CC(=O)N3CCNCC3)cs2)cc1.Cl.Cl. The summed E-state index contributed by atoms with van der Waals surface area (Å²) in [6.07, 6.45) is 0.382. The summed E-state index contributed by atoms with van der Waals surface area (Å²) < 4.78 is 5.45. The van der Waals surface area contributed by atoms with Gasteiger partial charge in [0.15, 0.2) is 0 Å². The van der Waals surface area contributed by atoms with Crippen LogP contribution in [-0.4, -0.2) is 48.6 Å². The van der Waals surface area contributed by atoms with Crippen LogP contribution < -0.4 is 10.1 Å². The summed E-state index contributed by atoms with van der Waals surface area (Å²) in [5.74, 6) is 1.02. The molecule has 2 aromatic rings. The molecule has 1 amide bonds. The Morgan fingerprint density at radius 3 is 2.56 bits per heavy atom. The molecule has 1 N–H and O–H groups in total. The molecule has 0 atom stereocenters. The smallest absolute Gasteiger partial charge is 0.228 e. The van der Waals surface area contributed by atoms with Crippen molar-refractivity contribution in [1.82, 2.24) is 15.2 Å². The van der Waals surface area contributed by atoms with Crippen LogP contribution in [0, 0.1) is 0 Å². The second-order valence-corrected chi connectivity index (χ2v) is 6.27. The van der Waals surface area contributed by atoms with Crippen LogP contribution in [0.25, 0.3) is 10.6 Å². The van der Waals surface area contributed by atoms with Crippen LogP contribution >= 0.6 is 36.2 Å². The van der Waals surface area contributed by atoms with Gasteiger partial charge in [0.1, 0.15) is 10.8 Å². The minimum Gasteiger partial charge on any atom is -0.494 e. The third-order valence-corrected chi connectivity index (χ3v) is 4.71. The number of carbonyl (C=O) groups is 1. The molecule has 25 heavy (non-hydrogen) atoms. The Morgan fingerprint density at radius 1 is 1.24 bits per heavy atom. The van der Waals surface area contributed by atoms with Crippen LogP contribution in [0.5, 0.6) is 5.75 Å². The molecule has 2 heterocycles. The lowest BCUT2D eigenvalue weighted by Crippen LogP contribution is -2.46. The highest BCUT2D eigenvalue weighted by molar-refractivity contribution is 7.13. The molecule has 1 aliphatic heterocycles. The maximum absolute atomic E-state index is 12.3. The Bertz CT molecular complexity index is 658. The van der Waals surface area contributed by atoms with Crippen LogP contribution in [0.1, 0.15) is 12.6 Å². The van der Waals surface area contributed by atoms with Gasteiger partial charge in [-0.2, -0.15) is 0 Å². The zero-order valence-corrected chi connectivity index (χ0v) is 16.5. The normalized spacial score (nSPS) is 13.6. The van der Waals surface area contributed by atoms with E-state index in [0.29, 0.717) is 13.0 Å². The van der Waals surface area contributed by atoms with E-state index in [1.54, 1.807) is 11.3 Å². The van der Waals surface area contributed by atoms with Gasteiger partial charge >= 0.3 is 0 Å². The largest absolute Gasteiger partial charge is 0.494 e. The van der Waals surface area contributed by atoms with Gasteiger partial charge in [-0.15, -0.1) is 36.2 Å². The van der Waals surface area contributed by atoms with E-state index in [4.69, 9.17) is 4.74 Å². The average Bonchev–Trinajstić information content (AvgIpc) is 3.05. The van der Waals surface area contributed by atoms with Crippen LogP contribution in [0.3, 0.4) is 0 Å². The molecular weight excluding hydrogens is 381 g/mol. The molecule has 0 saturated carbocycles. The summed E-state index contributed by atoms with van der Waals surface area (Å²) in [5, 5.41) is 6.17. The Labute approximate surface area is 164 Å². The molecule has 1 saturated heterocycles. The quantitative estimate of drug-likeness (QED) is 0.833. The third-order valence-electron chi connectivity index (χ3n) is 3.77. The predicted octanol–water partition coefficient (Wildman–Crippen LogP) is 3.03. The molecule has 0 aliphatic carbocycles. The van der Waals surface area contributed by atoms with Gasteiger partial charge in [0.25, 0.3) is 0 Å². The molecular formula is C17H23Cl2N3O2S. The van der Waals surface area contributed by atoms with Gasteiger partial charge in [0.2, 0.25) is 5.91 Å². The fourth-order valence-electron chi connectivity index (χ4n) is 2.56. The number of benzene rings is 1. The number of aromatic nitrogens is 1. The average molecular weight is 404 g/mol. The Hall–Kier alpha value is -1.34. The summed E-state index contributed by atoms with van der Waals surface area (Å²) in [5.41, 5.74) is 1.90. The van der Waals surface area contributed by atoms with Gasteiger partial charge < -0.3 is 15.0 Å². The van der Waals surface area contributed by atoms with Gasteiger partial charge in [-0.05, 0) is 31.2 Å². The van der Waals surface area contributed by atoms with Crippen molar-refractivity contribution in [2.45, 2.75) is 13.3 Å². The summed E-state index contributed by atoms with van der Waals surface area (Å²) >= 11 is 1.58. The zero-order chi connectivity index (χ0) is 16.1. The van der Waals surface area contributed by atoms with E-state index in [1.165, 1.54) is 0 Å². The monoisotopic (exact) mass is 403 g/mol. The molecule has 0 spiro atoms. The molecule has 8 heteroatoms. The second-order valence-electron chi connectivity index (χ2n) is 5.41. The highest BCUT2D eigenvalue weighted by Gasteiger charge is 2.17. The molecule has 138 valence electrons. The van der Waals surface area contributed by atoms with Crippen LogP contribution in [0.4, 0.5) is 0 Å². The molecule has 5 nitrogen and oxygen atoms in total. The summed E-state index contributed by atoms with van der Waals surface area (Å²) in [4.78, 5) is 18.8. The lowest BCUT2D eigenvalue weighted by molar-refractivity contribution is -0.131. The summed E-state index contributed by atoms with van der Waals surface area (Å²) in [6.45, 7) is 5.95. The number of ether oxygens (including phenoxy) is 1. The van der Waals surface area contributed by atoms with E-state index in [9.17, 15) is 4.79 Å². The number of halogens is 2. The number of carbonyl (C=O) groups excluding carboxylic acids is 1. The molecule has 1 aromatic carbocycles. The molecule has 3 rings (SSSR count). The number of nitrogens with one attached hydrogen (secondary N) is 1. The first-order valence-corrected chi connectivity index (χ1v) is 8.80. The van der Waals surface area contributed by atoms with Crippen molar-refractivity contribution in [3.63, 3.8) is 0 Å². The maximum Gasteiger partial charge on any atom is 0.228 e. The van der Waals surface area contributed by atoms with Crippen LogP contribution in [-0.2, 0) is 11.2 Å². The van der Waals surface area contributed by atoms with Crippen molar-refractivity contribution < 1.29 is 9.53 Å². The first-order valence-electron chi connectivity index (χ1n) is 7.92. The van der Waals surface area contributed by atoms with Crippen molar-refractivity contribution in [1.29, 1.82) is 0 Å². The van der Waals surface area contributed by atoms with Crippen molar-refractivity contribution >= 4 is 42.1 Å². The lowest BCUT2D eigenvalue weighted by Gasteiger charge is -2.27. The Kier molecular flexibility index (Phi) is 9.21. The zero-order valence-electron chi connectivity index (χ0n) is 14.1. The third kappa shape index (κ3) is 5.85. The lowest BCUT2D eigenvalue weighted by atomic mass is 10.2. The molecule has 1 aliphatic rings. The van der Waals surface area contributed by atoms with Crippen LogP contribution in [0.15, 0.2) is 29.6 Å². The number of amides is 1. The van der Waals surface area contributed by atoms with E-state index < -0.39 is 0 Å². The highest BCUT2D eigenvalue weighted by Crippen LogP contribution is 2.26. The van der Waals surface area contributed by atoms with E-state index in [2.05, 4.69) is 10.3 Å². The van der Waals surface area contributed by atoms with Crippen molar-refractivity contribution in [2.24, 2.45) is 0 Å². The number of hydrogen-bond donors (Lipinski definition) is 1. The molecule has 0 radical (unpaired) electrons. The van der Waals surface area contributed by atoms with E-state index in [-0.39, 0.29) is 30.7 Å². The fourth-order valence-corrected chi connectivity index (χ4v) is 3.39. The first kappa shape index (κ1) is 21.7. The number of hydrogen-bond acceptors (Lipinski definition) is 5. The van der Waals surface area contributed by atoms with Gasteiger partial charge in [0, 0.05) is 37.1 Å². The predicted molar refractivity (Wildman–Crippen MR) is 106 cm³/mol. The molecule has 0 unspecified atom stereocenters. The van der Waals surface area contributed by atoms with E-state index >= 15 is 0 Å². The van der Waals surface area contributed by atoms with Crippen LogP contribution in [0.2, 0.25) is 0 Å². The van der Waals surface area contributed by atoms with Gasteiger partial charge in [-0.3, -0.25) is 4.79 Å². The van der Waals surface area contributed by atoms with E-state index in [0.717, 1.165) is 48.2 Å². The number of rotatable bonds is 5. The second kappa shape index (κ2) is 10.6. The summed E-state index contributed by atoms with van der Waals surface area (Å²) in [6, 6.07) is 7.91. The van der Waals surface area contributed by atoms with E-state index in [1.807, 2.05) is 41.5 Å². The Balaban J connectivity index is 0.00000156. The van der Waals surface area contributed by atoms with Crippen molar-refractivity contribution in [2.75, 3.05) is 32.8 Å². The summed E-state index contributed by atoms with van der Waals surface area (Å²) in [7, 11) is 0. The topological polar surface area (TPSA) is 54.5 Å². The standard InChI is InChI=1S/C17H21N3O2S.2ClH/c1-2-22-15-5-3-13(4-6-15)17-19-14(12-23-17)11-16(21)20-9-7-18-8-10-20;;/h3-6,12,18H,2,7-11H2,1H3;2*1H. The maximum atomic E-state index is 12.3. The van der Waals surface area contributed by atoms with Gasteiger partial charge in [-0.1, -0.05) is 0 Å².